The molecule has 0 aromatic heterocycles. The van der Waals surface area contributed by atoms with E-state index in [0.717, 1.165) is 24.5 Å². The first-order valence-corrected chi connectivity index (χ1v) is 5.92. The fraction of sp³-hybridized carbons (Fsp3) is 0.417. The lowest BCUT2D eigenvalue weighted by molar-refractivity contribution is -0.121. The van der Waals surface area contributed by atoms with E-state index in [2.05, 4.69) is 10.3 Å². The second-order valence-electron chi connectivity index (χ2n) is 4.04. The van der Waals surface area contributed by atoms with Crippen LogP contribution in [0.25, 0.3) is 0 Å². The number of rotatable bonds is 6. The van der Waals surface area contributed by atoms with Crippen molar-refractivity contribution in [1.29, 1.82) is 0 Å². The van der Waals surface area contributed by atoms with E-state index in [1.807, 2.05) is 31.3 Å². The van der Waals surface area contributed by atoms with Crippen molar-refractivity contribution in [2.75, 3.05) is 13.6 Å². The largest absolute Gasteiger partial charge is 0.302 e. The SMILES string of the molecule is CN(CCCC(=O)NN)Cc1ccc(Cl)cc1. The van der Waals surface area contributed by atoms with Gasteiger partial charge in [0.15, 0.2) is 0 Å². The molecule has 0 aliphatic heterocycles. The van der Waals surface area contributed by atoms with Gasteiger partial charge in [0.25, 0.3) is 0 Å². The summed E-state index contributed by atoms with van der Waals surface area (Å²) in [6, 6.07) is 7.77. The highest BCUT2D eigenvalue weighted by Crippen LogP contribution is 2.11. The highest BCUT2D eigenvalue weighted by atomic mass is 35.5. The van der Waals surface area contributed by atoms with Crippen LogP contribution in [-0.2, 0) is 11.3 Å². The van der Waals surface area contributed by atoms with E-state index in [1.54, 1.807) is 0 Å². The summed E-state index contributed by atoms with van der Waals surface area (Å²) in [4.78, 5) is 13.1. The standard InChI is InChI=1S/C12H18ClN3O/c1-16(8-2-3-12(17)15-14)9-10-4-6-11(13)7-5-10/h4-7H,2-3,8-9,14H2,1H3,(H,15,17). The van der Waals surface area contributed by atoms with E-state index in [9.17, 15) is 4.79 Å². The Hall–Kier alpha value is -1.10. The van der Waals surface area contributed by atoms with Gasteiger partial charge in [-0.15, -0.1) is 0 Å². The quantitative estimate of drug-likeness (QED) is 0.461. The van der Waals surface area contributed by atoms with Crippen LogP contribution in [0.1, 0.15) is 18.4 Å². The van der Waals surface area contributed by atoms with Gasteiger partial charge in [-0.3, -0.25) is 10.2 Å². The Morgan fingerprint density at radius 3 is 2.65 bits per heavy atom. The number of nitrogens with one attached hydrogen (secondary N) is 1. The molecule has 0 aliphatic rings. The summed E-state index contributed by atoms with van der Waals surface area (Å²) < 4.78 is 0. The maximum absolute atomic E-state index is 10.9. The average molecular weight is 256 g/mol. The molecule has 5 heteroatoms. The molecule has 1 rings (SSSR count). The predicted octanol–water partition coefficient (Wildman–Crippen LogP) is 1.54. The van der Waals surface area contributed by atoms with Crippen LogP contribution in [0.2, 0.25) is 5.02 Å². The smallest absolute Gasteiger partial charge is 0.233 e. The summed E-state index contributed by atoms with van der Waals surface area (Å²) >= 11 is 5.81. The number of nitrogens with two attached hydrogens (primary N) is 1. The first-order valence-electron chi connectivity index (χ1n) is 5.54. The zero-order valence-corrected chi connectivity index (χ0v) is 10.7. The molecule has 0 aliphatic carbocycles. The minimum Gasteiger partial charge on any atom is -0.302 e. The van der Waals surface area contributed by atoms with Crippen LogP contribution in [0.15, 0.2) is 24.3 Å². The Morgan fingerprint density at radius 1 is 1.41 bits per heavy atom. The second kappa shape index (κ2) is 7.27. The third kappa shape index (κ3) is 5.68. The monoisotopic (exact) mass is 255 g/mol. The fourth-order valence-corrected chi connectivity index (χ4v) is 1.69. The molecule has 3 N–H and O–H groups in total. The third-order valence-corrected chi connectivity index (χ3v) is 2.72. The molecule has 0 unspecified atom stereocenters. The molecule has 4 nitrogen and oxygen atoms in total. The molecule has 1 aromatic carbocycles. The summed E-state index contributed by atoms with van der Waals surface area (Å²) in [7, 11) is 2.02. The molecule has 0 saturated carbocycles. The number of hydrogen-bond acceptors (Lipinski definition) is 3. The normalized spacial score (nSPS) is 10.6. The molecule has 0 spiro atoms. The summed E-state index contributed by atoms with van der Waals surface area (Å²) in [5, 5.41) is 0.746. The van der Waals surface area contributed by atoms with Crippen molar-refractivity contribution in [3.8, 4) is 0 Å². The molecule has 0 atom stereocenters. The van der Waals surface area contributed by atoms with Crippen LogP contribution in [-0.4, -0.2) is 24.4 Å². The first-order chi connectivity index (χ1) is 8.11. The van der Waals surface area contributed by atoms with E-state index in [4.69, 9.17) is 17.4 Å². The van der Waals surface area contributed by atoms with Crippen molar-refractivity contribution >= 4 is 17.5 Å². The number of hydrogen-bond donors (Lipinski definition) is 2. The lowest BCUT2D eigenvalue weighted by Crippen LogP contribution is -2.30. The highest BCUT2D eigenvalue weighted by molar-refractivity contribution is 6.30. The van der Waals surface area contributed by atoms with Crippen LogP contribution >= 0.6 is 11.6 Å². The Balaban J connectivity index is 2.27. The molecule has 0 fully saturated rings. The summed E-state index contributed by atoms with van der Waals surface area (Å²) in [5.74, 6) is 4.88. The Morgan fingerprint density at radius 2 is 2.06 bits per heavy atom. The summed E-state index contributed by atoms with van der Waals surface area (Å²) in [6.07, 6.45) is 1.26. The van der Waals surface area contributed by atoms with E-state index >= 15 is 0 Å². The minimum absolute atomic E-state index is 0.120. The van der Waals surface area contributed by atoms with Crippen LogP contribution in [0.4, 0.5) is 0 Å². The van der Waals surface area contributed by atoms with Crippen LogP contribution in [0.5, 0.6) is 0 Å². The lowest BCUT2D eigenvalue weighted by atomic mass is 10.2. The number of halogens is 1. The molecular formula is C12H18ClN3O. The van der Waals surface area contributed by atoms with E-state index < -0.39 is 0 Å². The number of carbonyl (C=O) groups excluding carboxylic acids is 1. The van der Waals surface area contributed by atoms with Gasteiger partial charge in [0, 0.05) is 18.0 Å². The fourth-order valence-electron chi connectivity index (χ4n) is 1.56. The number of nitrogens with zero attached hydrogens (tertiary/aromatic N) is 1. The minimum atomic E-state index is -0.120. The predicted molar refractivity (Wildman–Crippen MR) is 69.4 cm³/mol. The van der Waals surface area contributed by atoms with Gasteiger partial charge in [0.05, 0.1) is 0 Å². The van der Waals surface area contributed by atoms with Crippen molar-refractivity contribution in [2.24, 2.45) is 5.84 Å². The van der Waals surface area contributed by atoms with Crippen molar-refractivity contribution in [2.45, 2.75) is 19.4 Å². The molecule has 0 radical (unpaired) electrons. The summed E-state index contributed by atoms with van der Waals surface area (Å²) in [5.41, 5.74) is 3.33. The maximum Gasteiger partial charge on any atom is 0.233 e. The van der Waals surface area contributed by atoms with Gasteiger partial charge in [-0.25, -0.2) is 5.84 Å². The highest BCUT2D eigenvalue weighted by Gasteiger charge is 2.02. The van der Waals surface area contributed by atoms with Crippen LogP contribution in [0, 0.1) is 0 Å². The molecule has 1 amide bonds. The van der Waals surface area contributed by atoms with Gasteiger partial charge in [0.2, 0.25) is 5.91 Å². The van der Waals surface area contributed by atoms with E-state index in [-0.39, 0.29) is 5.91 Å². The van der Waals surface area contributed by atoms with Gasteiger partial charge in [-0.05, 0) is 37.7 Å². The number of hydrazine groups is 1. The third-order valence-electron chi connectivity index (χ3n) is 2.47. The molecular weight excluding hydrogens is 238 g/mol. The maximum atomic E-state index is 10.9. The van der Waals surface area contributed by atoms with Crippen molar-refractivity contribution in [3.05, 3.63) is 34.9 Å². The zero-order chi connectivity index (χ0) is 12.7. The lowest BCUT2D eigenvalue weighted by Gasteiger charge is -2.16. The molecule has 0 heterocycles. The molecule has 17 heavy (non-hydrogen) atoms. The van der Waals surface area contributed by atoms with Crippen molar-refractivity contribution in [3.63, 3.8) is 0 Å². The second-order valence-corrected chi connectivity index (χ2v) is 4.47. The van der Waals surface area contributed by atoms with Crippen LogP contribution < -0.4 is 11.3 Å². The van der Waals surface area contributed by atoms with E-state index in [1.165, 1.54) is 5.56 Å². The zero-order valence-electron chi connectivity index (χ0n) is 9.95. The Labute approximate surface area is 107 Å². The Kier molecular flexibility index (Phi) is 5.97. The number of amides is 1. The molecule has 0 saturated heterocycles. The van der Waals surface area contributed by atoms with Gasteiger partial charge in [0.1, 0.15) is 0 Å². The van der Waals surface area contributed by atoms with E-state index in [0.29, 0.717) is 6.42 Å². The molecule has 94 valence electrons. The molecule has 0 bridgehead atoms. The topological polar surface area (TPSA) is 58.4 Å². The Bertz CT molecular complexity index is 353. The van der Waals surface area contributed by atoms with Crippen LogP contribution in [0.3, 0.4) is 0 Å². The van der Waals surface area contributed by atoms with Gasteiger partial charge >= 0.3 is 0 Å². The van der Waals surface area contributed by atoms with Gasteiger partial charge in [-0.1, -0.05) is 23.7 Å². The average Bonchev–Trinajstić information content (AvgIpc) is 2.32. The summed E-state index contributed by atoms with van der Waals surface area (Å²) in [6.45, 7) is 1.71. The number of carbonyl (C=O) groups is 1. The van der Waals surface area contributed by atoms with Crippen molar-refractivity contribution < 1.29 is 4.79 Å². The van der Waals surface area contributed by atoms with Gasteiger partial charge in [-0.2, -0.15) is 0 Å². The molecule has 1 aromatic rings. The van der Waals surface area contributed by atoms with Gasteiger partial charge < -0.3 is 4.90 Å². The van der Waals surface area contributed by atoms with Crippen molar-refractivity contribution in [1.82, 2.24) is 10.3 Å². The number of benzene rings is 1. The first kappa shape index (κ1) is 14.0.